The van der Waals surface area contributed by atoms with Crippen molar-refractivity contribution in [3.63, 3.8) is 0 Å². The molecule has 0 radical (unpaired) electrons. The van der Waals surface area contributed by atoms with Crippen LogP contribution >= 0.6 is 0 Å². The van der Waals surface area contributed by atoms with E-state index in [1.807, 2.05) is 6.92 Å². The number of carbonyl (C=O) groups is 1. The van der Waals surface area contributed by atoms with Gasteiger partial charge in [-0.05, 0) is 25.5 Å². The fourth-order valence-corrected chi connectivity index (χ4v) is 3.37. The summed E-state index contributed by atoms with van der Waals surface area (Å²) in [7, 11) is -3.94. The normalized spacial score (nSPS) is 22.5. The molecule has 116 valence electrons. The smallest absolute Gasteiger partial charge is 0.407 e. The van der Waals surface area contributed by atoms with Gasteiger partial charge in [0.05, 0.1) is 30.2 Å². The molecule has 2 atom stereocenters. The summed E-state index contributed by atoms with van der Waals surface area (Å²) in [5.74, 6) is 0. The molecule has 1 fully saturated rings. The number of aryl methyl sites for hydroxylation is 1. The standard InChI is InChI=1S/C13H17NO6S/c1-9-2-4-12(5-3-9)21(18,19)20-11-6-10(8-15)14(7-11)13(16)17/h2-5,10-11,15H,6-8H2,1H3,(H,16,17). The molecular formula is C13H17NO6S. The average molecular weight is 315 g/mol. The molecule has 0 aromatic heterocycles. The zero-order chi connectivity index (χ0) is 15.6. The predicted molar refractivity (Wildman–Crippen MR) is 73.5 cm³/mol. The van der Waals surface area contributed by atoms with Gasteiger partial charge in [0.2, 0.25) is 0 Å². The number of likely N-dealkylation sites (tertiary alicyclic amines) is 1. The molecule has 2 N–H and O–H groups in total. The van der Waals surface area contributed by atoms with Gasteiger partial charge in [-0.25, -0.2) is 4.79 Å². The summed E-state index contributed by atoms with van der Waals surface area (Å²) in [6.45, 7) is 1.40. The van der Waals surface area contributed by atoms with Gasteiger partial charge in [-0.2, -0.15) is 8.42 Å². The van der Waals surface area contributed by atoms with Crippen LogP contribution in [0.1, 0.15) is 12.0 Å². The van der Waals surface area contributed by atoms with Crippen LogP contribution in [0, 0.1) is 6.92 Å². The van der Waals surface area contributed by atoms with Gasteiger partial charge < -0.3 is 15.1 Å². The van der Waals surface area contributed by atoms with Gasteiger partial charge in [-0.15, -0.1) is 0 Å². The van der Waals surface area contributed by atoms with Gasteiger partial charge in [0, 0.05) is 0 Å². The van der Waals surface area contributed by atoms with Gasteiger partial charge in [0.25, 0.3) is 10.1 Å². The highest BCUT2D eigenvalue weighted by atomic mass is 32.2. The molecule has 2 unspecified atom stereocenters. The summed E-state index contributed by atoms with van der Waals surface area (Å²) in [5, 5.41) is 18.1. The summed E-state index contributed by atoms with van der Waals surface area (Å²) in [6, 6.07) is 5.56. The van der Waals surface area contributed by atoms with E-state index in [-0.39, 0.29) is 24.5 Å². The Bertz CT molecular complexity index is 612. The minimum Gasteiger partial charge on any atom is -0.465 e. The minimum atomic E-state index is -3.94. The largest absolute Gasteiger partial charge is 0.465 e. The van der Waals surface area contributed by atoms with E-state index in [0.29, 0.717) is 0 Å². The van der Waals surface area contributed by atoms with Crippen LogP contribution < -0.4 is 0 Å². The number of nitrogens with zero attached hydrogens (tertiary/aromatic N) is 1. The van der Waals surface area contributed by atoms with Gasteiger partial charge in [-0.1, -0.05) is 17.7 Å². The third kappa shape index (κ3) is 3.52. The SMILES string of the molecule is Cc1ccc(S(=O)(=O)OC2CC(CO)N(C(=O)O)C2)cc1. The Morgan fingerprint density at radius 1 is 1.38 bits per heavy atom. The molecule has 1 aromatic carbocycles. The Kier molecular flexibility index (Phi) is 4.50. The lowest BCUT2D eigenvalue weighted by Crippen LogP contribution is -2.36. The third-order valence-electron chi connectivity index (χ3n) is 3.40. The van der Waals surface area contributed by atoms with Crippen molar-refractivity contribution in [3.8, 4) is 0 Å². The lowest BCUT2D eigenvalue weighted by Gasteiger charge is -2.18. The lowest BCUT2D eigenvalue weighted by molar-refractivity contribution is 0.116. The highest BCUT2D eigenvalue weighted by molar-refractivity contribution is 7.86. The average Bonchev–Trinajstić information content (AvgIpc) is 2.81. The van der Waals surface area contributed by atoms with Crippen LogP contribution in [0.3, 0.4) is 0 Å². The van der Waals surface area contributed by atoms with E-state index in [9.17, 15) is 13.2 Å². The predicted octanol–water partition coefficient (Wildman–Crippen LogP) is 0.814. The van der Waals surface area contributed by atoms with Gasteiger partial charge in [0.1, 0.15) is 0 Å². The molecular weight excluding hydrogens is 298 g/mol. The van der Waals surface area contributed by atoms with Crippen molar-refractivity contribution in [1.29, 1.82) is 0 Å². The first-order chi connectivity index (χ1) is 9.83. The van der Waals surface area contributed by atoms with Gasteiger partial charge >= 0.3 is 6.09 Å². The van der Waals surface area contributed by atoms with Crippen LogP contribution in [-0.2, 0) is 14.3 Å². The Labute approximate surface area is 122 Å². The summed E-state index contributed by atoms with van der Waals surface area (Å²) in [6.07, 6.45) is -1.84. The topological polar surface area (TPSA) is 104 Å². The fourth-order valence-electron chi connectivity index (χ4n) is 2.29. The zero-order valence-corrected chi connectivity index (χ0v) is 12.3. The fraction of sp³-hybridized carbons (Fsp3) is 0.462. The van der Waals surface area contributed by atoms with E-state index in [4.69, 9.17) is 14.4 Å². The van der Waals surface area contributed by atoms with Gasteiger partial charge in [-0.3, -0.25) is 4.18 Å². The second-order valence-electron chi connectivity index (χ2n) is 4.99. The first-order valence-electron chi connectivity index (χ1n) is 6.44. The van der Waals surface area contributed by atoms with Gasteiger partial charge in [0.15, 0.2) is 0 Å². The van der Waals surface area contributed by atoms with Crippen LogP contribution in [0.25, 0.3) is 0 Å². The Hall–Kier alpha value is -1.64. The summed E-state index contributed by atoms with van der Waals surface area (Å²) in [4.78, 5) is 12.0. The number of amides is 1. The molecule has 0 saturated carbocycles. The minimum absolute atomic E-state index is 0.0300. The number of hydrogen-bond donors (Lipinski definition) is 2. The molecule has 1 heterocycles. The van der Waals surface area contributed by atoms with Crippen molar-refractivity contribution in [2.45, 2.75) is 30.4 Å². The summed E-state index contributed by atoms with van der Waals surface area (Å²) < 4.78 is 29.3. The molecule has 0 aliphatic carbocycles. The van der Waals surface area contributed by atoms with E-state index in [2.05, 4.69) is 0 Å². The van der Waals surface area contributed by atoms with Crippen molar-refractivity contribution in [1.82, 2.24) is 4.90 Å². The highest BCUT2D eigenvalue weighted by Crippen LogP contribution is 2.24. The molecule has 1 saturated heterocycles. The van der Waals surface area contributed by atoms with Crippen LogP contribution in [0.2, 0.25) is 0 Å². The summed E-state index contributed by atoms with van der Waals surface area (Å²) in [5.41, 5.74) is 0.923. The maximum atomic E-state index is 12.1. The van der Waals surface area contributed by atoms with Crippen LogP contribution in [-0.4, -0.2) is 54.9 Å². The Balaban J connectivity index is 2.11. The number of aliphatic hydroxyl groups excluding tert-OH is 1. The number of hydrogen-bond acceptors (Lipinski definition) is 5. The van der Waals surface area contributed by atoms with E-state index < -0.39 is 28.4 Å². The van der Waals surface area contributed by atoms with E-state index in [1.54, 1.807) is 12.1 Å². The summed E-state index contributed by atoms with van der Waals surface area (Å²) >= 11 is 0. The Morgan fingerprint density at radius 2 is 2.00 bits per heavy atom. The monoisotopic (exact) mass is 315 g/mol. The van der Waals surface area contributed by atoms with Crippen molar-refractivity contribution in [3.05, 3.63) is 29.8 Å². The van der Waals surface area contributed by atoms with Crippen LogP contribution in [0.15, 0.2) is 29.2 Å². The number of rotatable bonds is 4. The quantitative estimate of drug-likeness (QED) is 0.797. The molecule has 0 spiro atoms. The number of carboxylic acid groups (broad SMARTS) is 1. The number of aliphatic hydroxyl groups is 1. The molecule has 7 nitrogen and oxygen atoms in total. The molecule has 0 bridgehead atoms. The van der Waals surface area contributed by atoms with Crippen molar-refractivity contribution >= 4 is 16.2 Å². The molecule has 1 amide bonds. The van der Waals surface area contributed by atoms with Crippen molar-refractivity contribution < 1.29 is 27.6 Å². The molecule has 1 aliphatic heterocycles. The maximum absolute atomic E-state index is 12.1. The molecule has 1 aromatic rings. The zero-order valence-electron chi connectivity index (χ0n) is 11.5. The van der Waals surface area contributed by atoms with Crippen LogP contribution in [0.4, 0.5) is 4.79 Å². The van der Waals surface area contributed by atoms with Crippen molar-refractivity contribution in [2.75, 3.05) is 13.2 Å². The molecule has 21 heavy (non-hydrogen) atoms. The lowest BCUT2D eigenvalue weighted by atomic mass is 10.2. The highest BCUT2D eigenvalue weighted by Gasteiger charge is 2.38. The van der Waals surface area contributed by atoms with E-state index in [0.717, 1.165) is 10.5 Å². The molecule has 2 rings (SSSR count). The first kappa shape index (κ1) is 15.7. The number of benzene rings is 1. The van der Waals surface area contributed by atoms with E-state index >= 15 is 0 Å². The first-order valence-corrected chi connectivity index (χ1v) is 7.84. The molecule has 1 aliphatic rings. The maximum Gasteiger partial charge on any atom is 0.407 e. The van der Waals surface area contributed by atoms with Crippen LogP contribution in [0.5, 0.6) is 0 Å². The van der Waals surface area contributed by atoms with E-state index in [1.165, 1.54) is 12.1 Å². The third-order valence-corrected chi connectivity index (χ3v) is 4.78. The van der Waals surface area contributed by atoms with Crippen molar-refractivity contribution in [2.24, 2.45) is 0 Å². The molecule has 8 heteroatoms. The second kappa shape index (κ2) is 6.00. The second-order valence-corrected chi connectivity index (χ2v) is 6.56. The Morgan fingerprint density at radius 3 is 2.48 bits per heavy atom.